The van der Waals surface area contributed by atoms with Gasteiger partial charge < -0.3 is 10.6 Å². The second kappa shape index (κ2) is 5.95. The molecule has 0 atom stereocenters. The van der Waals surface area contributed by atoms with Crippen molar-refractivity contribution in [1.29, 1.82) is 0 Å². The van der Waals surface area contributed by atoms with Crippen LogP contribution < -0.4 is 10.6 Å². The molecule has 0 radical (unpaired) electrons. The summed E-state index contributed by atoms with van der Waals surface area (Å²) in [5, 5.41) is 6.16. The predicted octanol–water partition coefficient (Wildman–Crippen LogP) is 2.81. The minimum atomic E-state index is -0.250. The largest absolute Gasteiger partial charge is 0.351 e. The van der Waals surface area contributed by atoms with Crippen LogP contribution in [-0.4, -0.2) is 25.5 Å². The van der Waals surface area contributed by atoms with E-state index in [2.05, 4.69) is 10.6 Å². The normalized spacial score (nSPS) is 14.8. The molecule has 1 aliphatic rings. The Labute approximate surface area is 127 Å². The Morgan fingerprint density at radius 3 is 2.71 bits per heavy atom. The van der Waals surface area contributed by atoms with Crippen LogP contribution in [0.2, 0.25) is 0 Å². The highest BCUT2D eigenvalue weighted by molar-refractivity contribution is 7.17. The van der Waals surface area contributed by atoms with Crippen molar-refractivity contribution in [3.63, 3.8) is 0 Å². The molecule has 0 aliphatic carbocycles. The summed E-state index contributed by atoms with van der Waals surface area (Å²) >= 11 is 1.45. The van der Waals surface area contributed by atoms with Gasteiger partial charge in [-0.25, -0.2) is 4.39 Å². The van der Waals surface area contributed by atoms with Crippen molar-refractivity contribution < 1.29 is 9.18 Å². The van der Waals surface area contributed by atoms with Gasteiger partial charge in [0.25, 0.3) is 5.91 Å². The number of thiophene rings is 1. The Hall–Kier alpha value is -1.72. The van der Waals surface area contributed by atoms with E-state index in [0.29, 0.717) is 17.3 Å². The first-order valence-electron chi connectivity index (χ1n) is 6.99. The minimum Gasteiger partial charge on any atom is -0.351 e. The van der Waals surface area contributed by atoms with Gasteiger partial charge in [-0.05, 0) is 36.2 Å². The van der Waals surface area contributed by atoms with Gasteiger partial charge in [-0.3, -0.25) is 4.79 Å². The number of carbonyl (C=O) groups excluding carboxylic acids is 1. The Balaban J connectivity index is 1.73. The molecule has 0 saturated carbocycles. The van der Waals surface area contributed by atoms with E-state index in [0.717, 1.165) is 29.1 Å². The molecule has 0 spiro atoms. The lowest BCUT2D eigenvalue weighted by molar-refractivity contribution is 0.0946. The minimum absolute atomic E-state index is 0.0247. The highest BCUT2D eigenvalue weighted by atomic mass is 32.1. The second-order valence-corrected chi connectivity index (χ2v) is 6.42. The van der Waals surface area contributed by atoms with Gasteiger partial charge in [-0.1, -0.05) is 12.1 Å². The van der Waals surface area contributed by atoms with Crippen LogP contribution in [-0.2, 0) is 0 Å². The Morgan fingerprint density at radius 1 is 1.38 bits per heavy atom. The lowest BCUT2D eigenvalue weighted by Gasteiger charge is -2.26. The maximum Gasteiger partial charge on any atom is 0.261 e. The van der Waals surface area contributed by atoms with Gasteiger partial charge in [0.15, 0.2) is 0 Å². The third kappa shape index (κ3) is 3.14. The molecule has 3 nitrogen and oxygen atoms in total. The van der Waals surface area contributed by atoms with Gasteiger partial charge in [-0.15, -0.1) is 11.3 Å². The summed E-state index contributed by atoms with van der Waals surface area (Å²) in [6, 6.07) is 8.28. The first kappa shape index (κ1) is 14.2. The van der Waals surface area contributed by atoms with Gasteiger partial charge >= 0.3 is 0 Å². The predicted molar refractivity (Wildman–Crippen MR) is 83.1 cm³/mol. The van der Waals surface area contributed by atoms with Crippen LogP contribution in [0.15, 0.2) is 30.3 Å². The molecule has 110 valence electrons. The van der Waals surface area contributed by atoms with Crippen LogP contribution in [0.25, 0.3) is 10.4 Å². The number of halogens is 1. The molecule has 2 heterocycles. The van der Waals surface area contributed by atoms with Crippen LogP contribution in [0.3, 0.4) is 0 Å². The average molecular weight is 304 g/mol. The van der Waals surface area contributed by atoms with Crippen molar-refractivity contribution in [1.82, 2.24) is 10.6 Å². The fourth-order valence-electron chi connectivity index (χ4n) is 2.30. The fraction of sp³-hybridized carbons (Fsp3) is 0.312. The molecule has 1 aromatic heterocycles. The first-order chi connectivity index (χ1) is 10.1. The standard InChI is InChI=1S/C16H17FN2OS/c1-10-6-14(16(20)19-9-11-7-18-8-11)21-15(10)12-2-4-13(17)5-3-12/h2-6,11,18H,7-9H2,1H3,(H,19,20). The molecule has 3 rings (SSSR count). The summed E-state index contributed by atoms with van der Waals surface area (Å²) in [5.41, 5.74) is 1.99. The van der Waals surface area contributed by atoms with Crippen molar-refractivity contribution in [3.8, 4) is 10.4 Å². The van der Waals surface area contributed by atoms with Crippen molar-refractivity contribution in [3.05, 3.63) is 46.6 Å². The molecule has 2 aromatic rings. The molecule has 0 bridgehead atoms. The van der Waals surface area contributed by atoms with Crippen LogP contribution in [0.4, 0.5) is 4.39 Å². The van der Waals surface area contributed by atoms with E-state index in [-0.39, 0.29) is 11.7 Å². The number of rotatable bonds is 4. The molecule has 1 saturated heterocycles. The lowest BCUT2D eigenvalue weighted by Crippen LogP contribution is -2.48. The number of carbonyl (C=O) groups is 1. The van der Waals surface area contributed by atoms with Crippen LogP contribution >= 0.6 is 11.3 Å². The van der Waals surface area contributed by atoms with Gasteiger partial charge in [0.05, 0.1) is 4.88 Å². The number of amides is 1. The first-order valence-corrected chi connectivity index (χ1v) is 7.80. The summed E-state index contributed by atoms with van der Waals surface area (Å²) in [5.74, 6) is 0.273. The van der Waals surface area contributed by atoms with Crippen molar-refractivity contribution in [2.24, 2.45) is 5.92 Å². The molecule has 1 amide bonds. The third-order valence-corrected chi connectivity index (χ3v) is 4.95. The molecular weight excluding hydrogens is 287 g/mol. The van der Waals surface area contributed by atoms with E-state index in [1.54, 1.807) is 12.1 Å². The van der Waals surface area contributed by atoms with Crippen LogP contribution in [0.5, 0.6) is 0 Å². The van der Waals surface area contributed by atoms with E-state index in [1.165, 1.54) is 23.5 Å². The number of aryl methyl sites for hydroxylation is 1. The summed E-state index contributed by atoms with van der Waals surface area (Å²) in [7, 11) is 0. The molecule has 0 unspecified atom stereocenters. The second-order valence-electron chi connectivity index (χ2n) is 5.36. The van der Waals surface area contributed by atoms with Gasteiger partial charge in [0.1, 0.15) is 5.82 Å². The van der Waals surface area contributed by atoms with E-state index in [1.807, 2.05) is 13.0 Å². The number of hydrogen-bond donors (Lipinski definition) is 2. The van der Waals surface area contributed by atoms with Gasteiger partial charge in [0.2, 0.25) is 0 Å². The van der Waals surface area contributed by atoms with Crippen LogP contribution in [0, 0.1) is 18.7 Å². The smallest absolute Gasteiger partial charge is 0.261 e. The van der Waals surface area contributed by atoms with Gasteiger partial charge in [0, 0.05) is 30.4 Å². The highest BCUT2D eigenvalue weighted by Crippen LogP contribution is 2.32. The van der Waals surface area contributed by atoms with E-state index in [4.69, 9.17) is 0 Å². The topological polar surface area (TPSA) is 41.1 Å². The summed E-state index contributed by atoms with van der Waals surface area (Å²) in [6.07, 6.45) is 0. The van der Waals surface area contributed by atoms with Gasteiger partial charge in [-0.2, -0.15) is 0 Å². The Kier molecular flexibility index (Phi) is 4.03. The average Bonchev–Trinajstić information content (AvgIpc) is 2.80. The SMILES string of the molecule is Cc1cc(C(=O)NCC2CNC2)sc1-c1ccc(F)cc1. The zero-order valence-corrected chi connectivity index (χ0v) is 12.6. The zero-order chi connectivity index (χ0) is 14.8. The summed E-state index contributed by atoms with van der Waals surface area (Å²) in [4.78, 5) is 13.9. The number of nitrogens with one attached hydrogen (secondary N) is 2. The van der Waals surface area contributed by atoms with Crippen molar-refractivity contribution in [2.45, 2.75) is 6.92 Å². The monoisotopic (exact) mass is 304 g/mol. The summed E-state index contributed by atoms with van der Waals surface area (Å²) in [6.45, 7) is 4.64. The quantitative estimate of drug-likeness (QED) is 0.912. The van der Waals surface area contributed by atoms with E-state index in [9.17, 15) is 9.18 Å². The number of benzene rings is 1. The third-order valence-electron chi connectivity index (χ3n) is 3.67. The number of hydrogen-bond acceptors (Lipinski definition) is 3. The zero-order valence-electron chi connectivity index (χ0n) is 11.8. The maximum atomic E-state index is 13.0. The molecular formula is C16H17FN2OS. The van der Waals surface area contributed by atoms with Crippen molar-refractivity contribution >= 4 is 17.2 Å². The van der Waals surface area contributed by atoms with Crippen molar-refractivity contribution in [2.75, 3.05) is 19.6 Å². The molecule has 21 heavy (non-hydrogen) atoms. The maximum absolute atomic E-state index is 13.0. The highest BCUT2D eigenvalue weighted by Gasteiger charge is 2.19. The van der Waals surface area contributed by atoms with E-state index < -0.39 is 0 Å². The molecule has 1 fully saturated rings. The molecule has 1 aromatic carbocycles. The fourth-order valence-corrected chi connectivity index (χ4v) is 3.39. The molecule has 2 N–H and O–H groups in total. The molecule has 5 heteroatoms. The van der Waals surface area contributed by atoms with Crippen LogP contribution in [0.1, 0.15) is 15.2 Å². The summed E-state index contributed by atoms with van der Waals surface area (Å²) < 4.78 is 13.0. The lowest BCUT2D eigenvalue weighted by atomic mass is 10.0. The Morgan fingerprint density at radius 2 is 2.10 bits per heavy atom. The molecule has 1 aliphatic heterocycles. The van der Waals surface area contributed by atoms with E-state index >= 15 is 0 Å². The Bertz CT molecular complexity index is 647.